The van der Waals surface area contributed by atoms with Gasteiger partial charge in [-0.3, -0.25) is 19.8 Å². The van der Waals surface area contributed by atoms with Crippen LogP contribution in [0, 0.1) is 0 Å². The molecule has 0 aromatic heterocycles. The summed E-state index contributed by atoms with van der Waals surface area (Å²) >= 11 is 0. The molecule has 7 nitrogen and oxygen atoms in total. The number of amides is 3. The molecule has 0 saturated carbocycles. The van der Waals surface area contributed by atoms with E-state index in [9.17, 15) is 14.4 Å². The van der Waals surface area contributed by atoms with Crippen LogP contribution in [0.4, 0.5) is 0 Å². The predicted octanol–water partition coefficient (Wildman–Crippen LogP) is 3.16. The van der Waals surface area contributed by atoms with Crippen LogP contribution in [0.1, 0.15) is 81.5 Å². The Morgan fingerprint density at radius 3 is 2.00 bits per heavy atom. The number of unbranched alkanes of at least 4 members (excludes halogenated alkanes) is 9. The van der Waals surface area contributed by atoms with Crippen LogP contribution in [-0.2, 0) is 9.59 Å². The molecule has 0 radical (unpaired) electrons. The lowest BCUT2D eigenvalue weighted by Crippen LogP contribution is -2.52. The highest BCUT2D eigenvalue weighted by Gasteiger charge is 2.19. The molecule has 7 heteroatoms. The standard InChI is InChI=1S/C23H38N4O3/c1-2-3-4-5-6-7-8-9-10-14-17-25-21(28)19-27(22(29)18-24)26-23(30)20-15-12-11-13-16-20/h11-13,15-16H,2-10,14,17-19,24H2,1H3,(H,25,28)(H,26,30). The van der Waals surface area contributed by atoms with Gasteiger partial charge in [0.1, 0.15) is 6.54 Å². The Morgan fingerprint density at radius 2 is 1.43 bits per heavy atom. The zero-order valence-corrected chi connectivity index (χ0v) is 18.3. The normalized spacial score (nSPS) is 10.5. The highest BCUT2D eigenvalue weighted by atomic mass is 16.2. The van der Waals surface area contributed by atoms with Crippen molar-refractivity contribution in [2.45, 2.75) is 71.1 Å². The van der Waals surface area contributed by atoms with Crippen molar-refractivity contribution in [3.05, 3.63) is 35.9 Å². The SMILES string of the molecule is CCCCCCCCCCCCNC(=O)CN(NC(=O)c1ccccc1)C(=O)CN. The van der Waals surface area contributed by atoms with Gasteiger partial charge in [-0.05, 0) is 18.6 Å². The first-order chi connectivity index (χ1) is 14.6. The van der Waals surface area contributed by atoms with Gasteiger partial charge >= 0.3 is 0 Å². The fourth-order valence-electron chi connectivity index (χ4n) is 3.12. The molecule has 1 aromatic rings. The van der Waals surface area contributed by atoms with E-state index in [1.54, 1.807) is 30.3 Å². The zero-order valence-electron chi connectivity index (χ0n) is 18.3. The topological polar surface area (TPSA) is 105 Å². The van der Waals surface area contributed by atoms with Gasteiger partial charge in [0.15, 0.2) is 0 Å². The van der Waals surface area contributed by atoms with Crippen molar-refractivity contribution in [3.8, 4) is 0 Å². The predicted molar refractivity (Wildman–Crippen MR) is 120 cm³/mol. The molecule has 30 heavy (non-hydrogen) atoms. The Labute approximate surface area is 180 Å². The first-order valence-electron chi connectivity index (χ1n) is 11.2. The van der Waals surface area contributed by atoms with Crippen LogP contribution in [0.3, 0.4) is 0 Å². The summed E-state index contributed by atoms with van der Waals surface area (Å²) < 4.78 is 0. The van der Waals surface area contributed by atoms with Gasteiger partial charge in [0.2, 0.25) is 5.91 Å². The fraction of sp³-hybridized carbons (Fsp3) is 0.609. The van der Waals surface area contributed by atoms with E-state index >= 15 is 0 Å². The second kappa shape index (κ2) is 16.4. The summed E-state index contributed by atoms with van der Waals surface area (Å²) in [5.41, 5.74) is 8.27. The largest absolute Gasteiger partial charge is 0.354 e. The quantitative estimate of drug-likeness (QED) is 0.301. The molecule has 4 N–H and O–H groups in total. The number of hydrogen-bond acceptors (Lipinski definition) is 4. The second-order valence-electron chi connectivity index (χ2n) is 7.52. The molecule has 0 spiro atoms. The molecule has 1 aromatic carbocycles. The Morgan fingerprint density at radius 1 is 0.867 bits per heavy atom. The van der Waals surface area contributed by atoms with Crippen molar-refractivity contribution in [1.82, 2.24) is 15.8 Å². The van der Waals surface area contributed by atoms with Crippen LogP contribution in [0.15, 0.2) is 30.3 Å². The monoisotopic (exact) mass is 418 g/mol. The molecular weight excluding hydrogens is 380 g/mol. The van der Waals surface area contributed by atoms with E-state index < -0.39 is 11.8 Å². The number of nitrogens with zero attached hydrogens (tertiary/aromatic N) is 1. The van der Waals surface area contributed by atoms with Gasteiger partial charge in [0.05, 0.1) is 6.54 Å². The minimum absolute atomic E-state index is 0.258. The van der Waals surface area contributed by atoms with Crippen LogP contribution in [0.2, 0.25) is 0 Å². The van der Waals surface area contributed by atoms with E-state index in [0.29, 0.717) is 12.1 Å². The summed E-state index contributed by atoms with van der Waals surface area (Å²) in [5.74, 6) is -1.30. The number of nitrogens with one attached hydrogen (secondary N) is 2. The average Bonchev–Trinajstić information content (AvgIpc) is 2.77. The smallest absolute Gasteiger partial charge is 0.269 e. The number of carbonyl (C=O) groups excluding carboxylic acids is 3. The third kappa shape index (κ3) is 11.6. The van der Waals surface area contributed by atoms with Crippen LogP contribution in [-0.4, -0.2) is 42.4 Å². The number of rotatable bonds is 15. The summed E-state index contributed by atoms with van der Waals surface area (Å²) in [6.45, 7) is 2.24. The third-order valence-electron chi connectivity index (χ3n) is 4.90. The van der Waals surface area contributed by atoms with E-state index in [2.05, 4.69) is 17.7 Å². The Bertz CT molecular complexity index is 622. The van der Waals surface area contributed by atoms with Crippen molar-refractivity contribution in [3.63, 3.8) is 0 Å². The Balaban J connectivity index is 2.21. The van der Waals surface area contributed by atoms with E-state index in [1.165, 1.54) is 51.4 Å². The van der Waals surface area contributed by atoms with Crippen molar-refractivity contribution in [1.29, 1.82) is 0 Å². The molecule has 0 unspecified atom stereocenters. The van der Waals surface area contributed by atoms with E-state index in [-0.39, 0.29) is 19.0 Å². The summed E-state index contributed by atoms with van der Waals surface area (Å²) in [7, 11) is 0. The van der Waals surface area contributed by atoms with Crippen molar-refractivity contribution >= 4 is 17.7 Å². The lowest BCUT2D eigenvalue weighted by Gasteiger charge is -2.22. The molecule has 0 aliphatic rings. The lowest BCUT2D eigenvalue weighted by molar-refractivity contribution is -0.137. The summed E-state index contributed by atoms with van der Waals surface area (Å²) in [5, 5.41) is 3.78. The lowest BCUT2D eigenvalue weighted by atomic mass is 10.1. The first kappa shape index (κ1) is 25.6. The van der Waals surface area contributed by atoms with Gasteiger partial charge in [0.25, 0.3) is 11.8 Å². The van der Waals surface area contributed by atoms with Gasteiger partial charge < -0.3 is 11.1 Å². The van der Waals surface area contributed by atoms with E-state index in [4.69, 9.17) is 5.73 Å². The molecular formula is C23H38N4O3. The van der Waals surface area contributed by atoms with Crippen LogP contribution in [0.25, 0.3) is 0 Å². The van der Waals surface area contributed by atoms with Crippen LogP contribution in [0.5, 0.6) is 0 Å². The van der Waals surface area contributed by atoms with Crippen molar-refractivity contribution < 1.29 is 14.4 Å². The molecule has 0 bridgehead atoms. The molecule has 1 rings (SSSR count). The number of nitrogens with two attached hydrogens (primary N) is 1. The van der Waals surface area contributed by atoms with E-state index in [0.717, 1.165) is 17.9 Å². The highest BCUT2D eigenvalue weighted by molar-refractivity contribution is 5.96. The second-order valence-corrected chi connectivity index (χ2v) is 7.52. The van der Waals surface area contributed by atoms with Crippen molar-refractivity contribution in [2.75, 3.05) is 19.6 Å². The van der Waals surface area contributed by atoms with E-state index in [1.807, 2.05) is 0 Å². The van der Waals surface area contributed by atoms with Gasteiger partial charge in [-0.2, -0.15) is 0 Å². The highest BCUT2D eigenvalue weighted by Crippen LogP contribution is 2.10. The van der Waals surface area contributed by atoms with Crippen LogP contribution >= 0.6 is 0 Å². The molecule has 3 amide bonds. The van der Waals surface area contributed by atoms with Crippen LogP contribution < -0.4 is 16.5 Å². The zero-order chi connectivity index (χ0) is 22.0. The minimum Gasteiger partial charge on any atom is -0.354 e. The molecule has 0 saturated heterocycles. The summed E-state index contributed by atoms with van der Waals surface area (Å²) in [4.78, 5) is 36.4. The summed E-state index contributed by atoms with van der Waals surface area (Å²) in [6, 6.07) is 8.50. The number of carbonyl (C=O) groups is 3. The van der Waals surface area contributed by atoms with Gasteiger partial charge in [-0.15, -0.1) is 0 Å². The fourth-order valence-corrected chi connectivity index (χ4v) is 3.12. The van der Waals surface area contributed by atoms with Crippen molar-refractivity contribution in [2.24, 2.45) is 5.73 Å². The number of hydrogen-bond donors (Lipinski definition) is 3. The molecule has 0 aliphatic carbocycles. The molecule has 0 atom stereocenters. The van der Waals surface area contributed by atoms with Gasteiger partial charge in [-0.25, -0.2) is 5.01 Å². The molecule has 168 valence electrons. The maximum atomic E-state index is 12.2. The third-order valence-corrected chi connectivity index (χ3v) is 4.90. The van der Waals surface area contributed by atoms with Gasteiger partial charge in [0, 0.05) is 12.1 Å². The van der Waals surface area contributed by atoms with Gasteiger partial charge in [-0.1, -0.05) is 82.9 Å². The number of hydrazine groups is 1. The Kier molecular flexibility index (Phi) is 14.0. The molecule has 0 aliphatic heterocycles. The Hall–Kier alpha value is -2.41. The first-order valence-corrected chi connectivity index (χ1v) is 11.2. The maximum absolute atomic E-state index is 12.2. The minimum atomic E-state index is -0.520. The maximum Gasteiger partial charge on any atom is 0.269 e. The molecule has 0 fully saturated rings. The molecule has 0 heterocycles. The number of benzene rings is 1. The summed E-state index contributed by atoms with van der Waals surface area (Å²) in [6.07, 6.45) is 12.3. The average molecular weight is 419 g/mol.